The van der Waals surface area contributed by atoms with Gasteiger partial charge in [-0.2, -0.15) is 0 Å². The lowest BCUT2D eigenvalue weighted by atomic mass is 10.1. The summed E-state index contributed by atoms with van der Waals surface area (Å²) in [4.78, 5) is 39.8. The highest BCUT2D eigenvalue weighted by atomic mass is 31.2. The van der Waals surface area contributed by atoms with Crippen LogP contribution in [0.5, 0.6) is 0 Å². The number of amides is 1. The second kappa shape index (κ2) is 48.6. The van der Waals surface area contributed by atoms with Crippen molar-refractivity contribution < 1.29 is 37.3 Å². The molecule has 0 spiro atoms. The lowest BCUT2D eigenvalue weighted by molar-refractivity contribution is -0.870. The van der Waals surface area contributed by atoms with Crippen molar-refractivity contribution in [3.63, 3.8) is 0 Å². The second-order valence-electron chi connectivity index (χ2n) is 20.5. The third-order valence-corrected chi connectivity index (χ3v) is 13.5. The van der Waals surface area contributed by atoms with E-state index in [1.54, 1.807) is 0 Å². The van der Waals surface area contributed by atoms with Crippen LogP contribution in [0.3, 0.4) is 0 Å². The number of phosphoric ester groups is 1. The molecule has 0 saturated carbocycles. The van der Waals surface area contributed by atoms with E-state index in [0.29, 0.717) is 23.9 Å². The molecular weight excluding hydrogens is 868 g/mol. The second-order valence-corrected chi connectivity index (χ2v) is 21.9. The van der Waals surface area contributed by atoms with Crippen LogP contribution in [0.25, 0.3) is 0 Å². The molecule has 68 heavy (non-hydrogen) atoms. The Morgan fingerprint density at radius 2 is 0.897 bits per heavy atom. The van der Waals surface area contributed by atoms with Crippen LogP contribution in [0.1, 0.15) is 258 Å². The minimum Gasteiger partial charge on any atom is -0.756 e. The molecule has 0 bridgehead atoms. The van der Waals surface area contributed by atoms with Crippen molar-refractivity contribution in [2.75, 3.05) is 40.9 Å². The zero-order valence-electron chi connectivity index (χ0n) is 45.3. The smallest absolute Gasteiger partial charge is 0.306 e. The lowest BCUT2D eigenvalue weighted by Gasteiger charge is -2.30. The van der Waals surface area contributed by atoms with Gasteiger partial charge in [0, 0.05) is 12.8 Å². The number of allylic oxidation sites excluding steroid dienone is 7. The van der Waals surface area contributed by atoms with Crippen molar-refractivity contribution in [3.8, 4) is 0 Å². The zero-order valence-corrected chi connectivity index (χ0v) is 46.2. The number of rotatable bonds is 51. The van der Waals surface area contributed by atoms with E-state index in [9.17, 15) is 19.0 Å². The van der Waals surface area contributed by atoms with Crippen LogP contribution in [-0.4, -0.2) is 69.4 Å². The van der Waals surface area contributed by atoms with Gasteiger partial charge in [-0.15, -0.1) is 0 Å². The molecule has 9 nitrogen and oxygen atoms in total. The number of hydrogen-bond acceptors (Lipinski definition) is 7. The van der Waals surface area contributed by atoms with Crippen LogP contribution in [0.4, 0.5) is 0 Å². The molecule has 0 saturated heterocycles. The number of hydrogen-bond donors (Lipinski definition) is 1. The molecule has 0 aliphatic rings. The van der Waals surface area contributed by atoms with Gasteiger partial charge in [-0.25, -0.2) is 0 Å². The molecule has 0 fully saturated rings. The van der Waals surface area contributed by atoms with Gasteiger partial charge in [-0.1, -0.05) is 211 Å². The molecule has 398 valence electrons. The minimum absolute atomic E-state index is 0.0296. The molecule has 10 heteroatoms. The van der Waals surface area contributed by atoms with E-state index < -0.39 is 26.6 Å². The number of nitrogens with zero attached hydrogens (tertiary/aromatic N) is 1. The zero-order chi connectivity index (χ0) is 50.1. The number of esters is 1. The topological polar surface area (TPSA) is 114 Å². The van der Waals surface area contributed by atoms with Crippen molar-refractivity contribution in [3.05, 3.63) is 48.6 Å². The first-order valence-corrected chi connectivity index (χ1v) is 29.9. The molecule has 0 aliphatic carbocycles. The molecule has 0 aromatic carbocycles. The average Bonchev–Trinajstić information content (AvgIpc) is 3.29. The molecule has 3 atom stereocenters. The highest BCUT2D eigenvalue weighted by molar-refractivity contribution is 7.45. The van der Waals surface area contributed by atoms with Gasteiger partial charge >= 0.3 is 5.97 Å². The first-order chi connectivity index (χ1) is 32.9. The fourth-order valence-electron chi connectivity index (χ4n) is 8.04. The predicted octanol–water partition coefficient (Wildman–Crippen LogP) is 16.3. The molecule has 0 aromatic rings. The van der Waals surface area contributed by atoms with Gasteiger partial charge in [0.1, 0.15) is 19.3 Å². The van der Waals surface area contributed by atoms with E-state index in [0.717, 1.165) is 70.6 Å². The number of phosphoric acid groups is 1. The van der Waals surface area contributed by atoms with E-state index in [4.69, 9.17) is 13.8 Å². The monoisotopic (exact) mass is 977 g/mol. The fraction of sp³-hybridized carbons (Fsp3) is 0.828. The third kappa shape index (κ3) is 49.0. The van der Waals surface area contributed by atoms with Gasteiger partial charge in [-0.05, 0) is 83.1 Å². The number of likely N-dealkylation sites (N-methyl/N-ethyl adjacent to an activating group) is 1. The Morgan fingerprint density at radius 1 is 0.515 bits per heavy atom. The molecule has 0 heterocycles. The van der Waals surface area contributed by atoms with Crippen LogP contribution in [-0.2, 0) is 27.9 Å². The Bertz CT molecular complexity index is 1310. The van der Waals surface area contributed by atoms with Crippen LogP contribution in [0.15, 0.2) is 48.6 Å². The van der Waals surface area contributed by atoms with Crippen molar-refractivity contribution in [1.82, 2.24) is 5.32 Å². The predicted molar refractivity (Wildman–Crippen MR) is 289 cm³/mol. The van der Waals surface area contributed by atoms with E-state index >= 15 is 0 Å². The first-order valence-electron chi connectivity index (χ1n) is 28.5. The fourth-order valence-corrected chi connectivity index (χ4v) is 8.76. The summed E-state index contributed by atoms with van der Waals surface area (Å²) in [7, 11) is 1.16. The number of quaternary nitrogens is 1. The van der Waals surface area contributed by atoms with Gasteiger partial charge < -0.3 is 28.5 Å². The van der Waals surface area contributed by atoms with Crippen molar-refractivity contribution in [2.24, 2.45) is 0 Å². The quantitative estimate of drug-likeness (QED) is 0.0161. The van der Waals surface area contributed by atoms with Gasteiger partial charge in [0.15, 0.2) is 0 Å². The SMILES string of the molecule is CCCCCCCCC/C=C\CCCCCC(=O)OC(/C=C/CCCCCCCCCCCC)C(COP(=O)([O-])OCC[N+](C)(C)C)NC(=O)CCCCC/C=C/C=C/CCCCCCCCC. The maximum atomic E-state index is 13.5. The molecule has 0 radical (unpaired) electrons. The number of carbonyl (C=O) groups excluding carboxylic acids is 2. The van der Waals surface area contributed by atoms with E-state index in [-0.39, 0.29) is 31.3 Å². The van der Waals surface area contributed by atoms with E-state index in [1.165, 1.54) is 141 Å². The third-order valence-electron chi connectivity index (χ3n) is 12.5. The molecular formula is C58H109N2O7P. The van der Waals surface area contributed by atoms with Crippen LogP contribution < -0.4 is 10.2 Å². The molecule has 0 aromatic heterocycles. The number of ether oxygens (including phenoxy) is 1. The lowest BCUT2D eigenvalue weighted by Crippen LogP contribution is -2.47. The summed E-state index contributed by atoms with van der Waals surface area (Å²) in [5, 5.41) is 3.00. The molecule has 1 N–H and O–H groups in total. The maximum Gasteiger partial charge on any atom is 0.306 e. The maximum absolute atomic E-state index is 13.5. The van der Waals surface area contributed by atoms with Crippen LogP contribution >= 0.6 is 7.82 Å². The van der Waals surface area contributed by atoms with Crippen LogP contribution in [0.2, 0.25) is 0 Å². The van der Waals surface area contributed by atoms with Gasteiger partial charge in [0.25, 0.3) is 7.82 Å². The summed E-state index contributed by atoms with van der Waals surface area (Å²) >= 11 is 0. The highest BCUT2D eigenvalue weighted by Gasteiger charge is 2.27. The highest BCUT2D eigenvalue weighted by Crippen LogP contribution is 2.38. The van der Waals surface area contributed by atoms with E-state index in [2.05, 4.69) is 62.5 Å². The summed E-state index contributed by atoms with van der Waals surface area (Å²) in [6.45, 7) is 6.80. The largest absolute Gasteiger partial charge is 0.756 e. The number of carbonyl (C=O) groups is 2. The summed E-state index contributed by atoms with van der Waals surface area (Å²) < 4.78 is 30.2. The molecule has 0 rings (SSSR count). The van der Waals surface area contributed by atoms with Crippen molar-refractivity contribution in [2.45, 2.75) is 270 Å². The average molecular weight is 977 g/mol. The number of unbranched alkanes of at least 4 members (excludes halogenated alkanes) is 30. The molecule has 1 amide bonds. The van der Waals surface area contributed by atoms with E-state index in [1.807, 2.05) is 33.3 Å². The summed E-state index contributed by atoms with van der Waals surface area (Å²) in [6.07, 6.45) is 57.9. The number of nitrogens with one attached hydrogen (secondary N) is 1. The Kier molecular flexibility index (Phi) is 47.1. The van der Waals surface area contributed by atoms with Gasteiger partial charge in [-0.3, -0.25) is 14.2 Å². The summed E-state index contributed by atoms with van der Waals surface area (Å²) in [5.74, 6) is -0.587. The minimum atomic E-state index is -4.70. The normalized spacial score (nSPS) is 14.2. The first kappa shape index (κ1) is 66.0. The Hall–Kier alpha value is -2.03. The van der Waals surface area contributed by atoms with Crippen LogP contribution in [0, 0.1) is 0 Å². The molecule has 0 aliphatic heterocycles. The van der Waals surface area contributed by atoms with Gasteiger partial charge in [0.2, 0.25) is 5.91 Å². The summed E-state index contributed by atoms with van der Waals surface area (Å²) in [6, 6.07) is -0.906. The standard InChI is InChI=1S/C58H109N2O7P/c1-7-10-13-16-19-22-25-28-30-31-32-35-38-41-44-47-50-57(61)59-55(54-66-68(63,64)65-53-52-60(4,5)6)56(49-46-43-40-37-34-27-24-21-18-15-12-9-3)67-58(62)51-48-45-42-39-36-33-29-26-23-20-17-14-11-8-2/h30-33,35-36,46,49,55-56H,7-29,34,37-45,47-48,50-54H2,1-6H3,(H-,59,61,63,64)/b31-30+,35-32+,36-33-,49-46+. The Balaban J connectivity index is 5.43. The Morgan fingerprint density at radius 3 is 1.34 bits per heavy atom. The van der Waals surface area contributed by atoms with Crippen molar-refractivity contribution >= 4 is 19.7 Å². The summed E-state index contributed by atoms with van der Waals surface area (Å²) in [5.41, 5.74) is 0. The van der Waals surface area contributed by atoms with Gasteiger partial charge in [0.05, 0.1) is 33.8 Å². The van der Waals surface area contributed by atoms with Crippen molar-refractivity contribution in [1.29, 1.82) is 0 Å². The Labute approximate surface area is 420 Å². The molecule has 3 unspecified atom stereocenters.